The van der Waals surface area contributed by atoms with Crippen LogP contribution < -0.4 is 0 Å². The largest absolute Gasteiger partial charge is 0.265 e. The van der Waals surface area contributed by atoms with Gasteiger partial charge in [0, 0.05) is 12.4 Å². The number of hydrogen-bond donors (Lipinski definition) is 0. The van der Waals surface area contributed by atoms with Gasteiger partial charge in [0.15, 0.2) is 0 Å². The van der Waals surface area contributed by atoms with Gasteiger partial charge < -0.3 is 0 Å². The number of pyridine rings is 1. The molecule has 0 radical (unpaired) electrons. The predicted molar refractivity (Wildman–Crippen MR) is 56.5 cm³/mol. The van der Waals surface area contributed by atoms with Gasteiger partial charge in [-0.2, -0.15) is 0 Å². The number of aromatic nitrogens is 1. The van der Waals surface area contributed by atoms with E-state index in [-0.39, 0.29) is 0 Å². The Morgan fingerprint density at radius 2 is 1.31 bits per heavy atom. The zero-order valence-electron chi connectivity index (χ0n) is 8.02. The molecular formula is C12H17N. The van der Waals surface area contributed by atoms with Gasteiger partial charge in [-0.05, 0) is 37.8 Å². The molecule has 0 aromatic carbocycles. The van der Waals surface area contributed by atoms with Crippen molar-refractivity contribution in [3.63, 3.8) is 0 Å². The van der Waals surface area contributed by atoms with Crippen LogP contribution in [0.5, 0.6) is 0 Å². The SMILES string of the molecule is C1=CCCCCC1.c1ccncc1. The lowest BCUT2D eigenvalue weighted by Crippen LogP contribution is -1.67. The third-order valence-electron chi connectivity index (χ3n) is 1.97. The molecule has 0 bridgehead atoms. The molecule has 1 nitrogen and oxygen atoms in total. The summed E-state index contributed by atoms with van der Waals surface area (Å²) in [4.78, 5) is 3.78. The minimum atomic E-state index is 1.32. The molecule has 0 unspecified atom stereocenters. The maximum atomic E-state index is 3.78. The van der Waals surface area contributed by atoms with Gasteiger partial charge in [-0.1, -0.05) is 24.6 Å². The first-order valence-corrected chi connectivity index (χ1v) is 5.00. The Balaban J connectivity index is 0.000000132. The van der Waals surface area contributed by atoms with Gasteiger partial charge >= 0.3 is 0 Å². The molecule has 1 aromatic rings. The first-order valence-electron chi connectivity index (χ1n) is 5.00. The van der Waals surface area contributed by atoms with Crippen molar-refractivity contribution < 1.29 is 0 Å². The van der Waals surface area contributed by atoms with Crippen molar-refractivity contribution in [1.29, 1.82) is 0 Å². The summed E-state index contributed by atoms with van der Waals surface area (Å²) in [7, 11) is 0. The van der Waals surface area contributed by atoms with Gasteiger partial charge in [0.05, 0.1) is 0 Å². The van der Waals surface area contributed by atoms with Crippen LogP contribution in [0.3, 0.4) is 0 Å². The van der Waals surface area contributed by atoms with Crippen molar-refractivity contribution in [3.8, 4) is 0 Å². The van der Waals surface area contributed by atoms with Crippen LogP contribution >= 0.6 is 0 Å². The molecule has 1 heteroatoms. The summed E-state index contributed by atoms with van der Waals surface area (Å²) >= 11 is 0. The van der Waals surface area contributed by atoms with Crippen LogP contribution in [0.4, 0.5) is 0 Å². The average Bonchev–Trinajstić information content (AvgIpc) is 2.53. The molecule has 1 heterocycles. The molecule has 13 heavy (non-hydrogen) atoms. The molecule has 0 saturated heterocycles. The highest BCUT2D eigenvalue weighted by Gasteiger charge is 1.88. The number of nitrogens with zero attached hydrogens (tertiary/aromatic N) is 1. The molecule has 1 aliphatic carbocycles. The van der Waals surface area contributed by atoms with Gasteiger partial charge in [-0.25, -0.2) is 0 Å². The summed E-state index contributed by atoms with van der Waals surface area (Å²) < 4.78 is 0. The van der Waals surface area contributed by atoms with Crippen LogP contribution in [-0.4, -0.2) is 4.98 Å². The maximum Gasteiger partial charge on any atom is 0.0267 e. The number of rotatable bonds is 0. The van der Waals surface area contributed by atoms with Gasteiger partial charge in [0.1, 0.15) is 0 Å². The van der Waals surface area contributed by atoms with Crippen molar-refractivity contribution in [2.45, 2.75) is 32.1 Å². The predicted octanol–water partition coefficient (Wildman–Crippen LogP) is 3.59. The van der Waals surface area contributed by atoms with E-state index >= 15 is 0 Å². The van der Waals surface area contributed by atoms with E-state index in [2.05, 4.69) is 17.1 Å². The van der Waals surface area contributed by atoms with Crippen molar-refractivity contribution in [3.05, 3.63) is 42.7 Å². The molecule has 1 aliphatic rings. The Hall–Kier alpha value is -1.11. The van der Waals surface area contributed by atoms with E-state index in [0.29, 0.717) is 0 Å². The third-order valence-corrected chi connectivity index (χ3v) is 1.97. The molecule has 2 rings (SSSR count). The Morgan fingerprint density at radius 1 is 0.692 bits per heavy atom. The van der Waals surface area contributed by atoms with E-state index in [4.69, 9.17) is 0 Å². The van der Waals surface area contributed by atoms with E-state index < -0.39 is 0 Å². The van der Waals surface area contributed by atoms with Gasteiger partial charge in [-0.3, -0.25) is 4.98 Å². The van der Waals surface area contributed by atoms with Crippen LogP contribution in [0.2, 0.25) is 0 Å². The lowest BCUT2D eigenvalue weighted by atomic mass is 10.2. The highest BCUT2D eigenvalue weighted by atomic mass is 14.6. The second-order valence-electron chi connectivity index (χ2n) is 3.13. The molecule has 0 N–H and O–H groups in total. The minimum absolute atomic E-state index is 1.32. The van der Waals surface area contributed by atoms with E-state index in [9.17, 15) is 0 Å². The van der Waals surface area contributed by atoms with Crippen molar-refractivity contribution >= 4 is 0 Å². The summed E-state index contributed by atoms with van der Waals surface area (Å²) in [6.45, 7) is 0. The van der Waals surface area contributed by atoms with Crippen LogP contribution in [0.15, 0.2) is 42.7 Å². The Morgan fingerprint density at radius 3 is 1.69 bits per heavy atom. The summed E-state index contributed by atoms with van der Waals surface area (Å²) in [5.41, 5.74) is 0. The van der Waals surface area contributed by atoms with Crippen LogP contribution in [0.25, 0.3) is 0 Å². The molecule has 70 valence electrons. The Labute approximate surface area is 80.5 Å². The molecule has 1 aromatic heterocycles. The van der Waals surface area contributed by atoms with Crippen LogP contribution in [0.1, 0.15) is 32.1 Å². The number of hydrogen-bond acceptors (Lipinski definition) is 1. The third kappa shape index (κ3) is 6.09. The van der Waals surface area contributed by atoms with E-state index in [0.717, 1.165) is 0 Å². The Bertz CT molecular complexity index is 181. The van der Waals surface area contributed by atoms with E-state index in [1.807, 2.05) is 18.2 Å². The smallest absolute Gasteiger partial charge is 0.0267 e. The summed E-state index contributed by atoms with van der Waals surface area (Å²) in [6, 6.07) is 5.72. The van der Waals surface area contributed by atoms with Crippen molar-refractivity contribution in [2.24, 2.45) is 0 Å². The lowest BCUT2D eigenvalue weighted by molar-refractivity contribution is 0.718. The zero-order valence-corrected chi connectivity index (χ0v) is 8.02. The second kappa shape index (κ2) is 7.53. The van der Waals surface area contributed by atoms with Crippen LogP contribution in [-0.2, 0) is 0 Å². The van der Waals surface area contributed by atoms with Gasteiger partial charge in [0.2, 0.25) is 0 Å². The fraction of sp³-hybridized carbons (Fsp3) is 0.417. The zero-order chi connectivity index (χ0) is 9.19. The highest BCUT2D eigenvalue weighted by Crippen LogP contribution is 2.08. The topological polar surface area (TPSA) is 12.9 Å². The maximum absolute atomic E-state index is 3.78. The molecule has 0 atom stereocenters. The highest BCUT2D eigenvalue weighted by molar-refractivity contribution is 4.88. The molecule has 0 saturated carbocycles. The van der Waals surface area contributed by atoms with Gasteiger partial charge in [0.25, 0.3) is 0 Å². The summed E-state index contributed by atoms with van der Waals surface area (Å²) in [5, 5.41) is 0. The molecule has 0 fully saturated rings. The second-order valence-corrected chi connectivity index (χ2v) is 3.13. The number of allylic oxidation sites excluding steroid dienone is 2. The molecule has 0 spiro atoms. The van der Waals surface area contributed by atoms with Crippen LogP contribution in [0, 0.1) is 0 Å². The summed E-state index contributed by atoms with van der Waals surface area (Å²) in [5.74, 6) is 0. The molecule has 0 amide bonds. The monoisotopic (exact) mass is 175 g/mol. The normalized spacial score (nSPS) is 15.4. The van der Waals surface area contributed by atoms with E-state index in [1.54, 1.807) is 12.4 Å². The lowest BCUT2D eigenvalue weighted by Gasteiger charge is -1.86. The van der Waals surface area contributed by atoms with E-state index in [1.165, 1.54) is 32.1 Å². The Kier molecular flexibility index (Phi) is 5.78. The minimum Gasteiger partial charge on any atom is -0.265 e. The first-order chi connectivity index (χ1) is 6.50. The first kappa shape index (κ1) is 9.97. The van der Waals surface area contributed by atoms with Crippen molar-refractivity contribution in [1.82, 2.24) is 4.98 Å². The molecule has 0 aliphatic heterocycles. The van der Waals surface area contributed by atoms with Gasteiger partial charge in [-0.15, -0.1) is 0 Å². The quantitative estimate of drug-likeness (QED) is 0.549. The fourth-order valence-corrected chi connectivity index (χ4v) is 1.25. The molecular weight excluding hydrogens is 158 g/mol. The summed E-state index contributed by atoms with van der Waals surface area (Å²) in [6.07, 6.45) is 15.0. The van der Waals surface area contributed by atoms with Crippen molar-refractivity contribution in [2.75, 3.05) is 0 Å². The average molecular weight is 175 g/mol. The fourth-order valence-electron chi connectivity index (χ4n) is 1.25. The standard InChI is InChI=1S/C7H12.C5H5N/c1-2-4-6-7-5-3-1;1-2-4-6-5-3-1/h1-2H,3-7H2;1-5H.